The summed E-state index contributed by atoms with van der Waals surface area (Å²) in [6, 6.07) is 18.9. The van der Waals surface area contributed by atoms with Gasteiger partial charge in [-0.25, -0.2) is 0 Å². The van der Waals surface area contributed by atoms with Crippen molar-refractivity contribution >= 4 is 5.91 Å². The number of benzene rings is 2. The molecule has 1 aromatic heterocycles. The van der Waals surface area contributed by atoms with Gasteiger partial charge >= 0.3 is 0 Å². The van der Waals surface area contributed by atoms with E-state index in [4.69, 9.17) is 4.74 Å². The second-order valence-electron chi connectivity index (χ2n) is 10.9. The van der Waals surface area contributed by atoms with E-state index in [-0.39, 0.29) is 12.0 Å². The number of aromatic nitrogens is 2. The highest BCUT2D eigenvalue weighted by Crippen LogP contribution is 2.39. The van der Waals surface area contributed by atoms with Gasteiger partial charge in [-0.15, -0.1) is 0 Å². The second-order valence-corrected chi connectivity index (χ2v) is 10.9. The maximum absolute atomic E-state index is 13.7. The molecule has 3 aromatic rings. The summed E-state index contributed by atoms with van der Waals surface area (Å²) in [5.41, 5.74) is 3.66. The number of rotatable bonds is 9. The predicted octanol–water partition coefficient (Wildman–Crippen LogP) is 5.40. The zero-order valence-corrected chi connectivity index (χ0v) is 22.3. The quantitative estimate of drug-likeness (QED) is 0.395. The van der Waals surface area contributed by atoms with Crippen molar-refractivity contribution in [3.63, 3.8) is 0 Å². The standard InChI is InChI=1S/C31H40N4O2/c1-33(22-25-20-32-34(2)23-25)21-24-12-14-28(15-13-24)37-29-16-18-35(19-17-29)31(36)30(27-10-6-7-11-27)26-8-4-3-5-9-26/h3-5,8-9,12-15,20,23,27,29-30H,6-7,10-11,16-19,21-22H2,1-2H3. The highest BCUT2D eigenvalue weighted by atomic mass is 16.5. The van der Waals surface area contributed by atoms with E-state index in [9.17, 15) is 4.79 Å². The third-order valence-electron chi connectivity index (χ3n) is 7.94. The van der Waals surface area contributed by atoms with E-state index in [1.165, 1.54) is 42.4 Å². The molecule has 37 heavy (non-hydrogen) atoms. The van der Waals surface area contributed by atoms with Crippen LogP contribution in [0.25, 0.3) is 0 Å². The molecular formula is C31H40N4O2. The van der Waals surface area contributed by atoms with Crippen LogP contribution >= 0.6 is 0 Å². The fourth-order valence-electron chi connectivity index (χ4n) is 6.06. The molecule has 196 valence electrons. The number of ether oxygens (including phenoxy) is 1. The van der Waals surface area contributed by atoms with E-state index in [1.807, 2.05) is 24.0 Å². The van der Waals surface area contributed by atoms with Gasteiger partial charge in [0, 0.05) is 57.8 Å². The summed E-state index contributed by atoms with van der Waals surface area (Å²) < 4.78 is 8.16. The lowest BCUT2D eigenvalue weighted by Gasteiger charge is -2.36. The van der Waals surface area contributed by atoms with Crippen molar-refractivity contribution in [1.82, 2.24) is 19.6 Å². The number of carbonyl (C=O) groups is 1. The van der Waals surface area contributed by atoms with Gasteiger partial charge in [-0.3, -0.25) is 14.4 Å². The van der Waals surface area contributed by atoms with Gasteiger partial charge in [0.1, 0.15) is 11.9 Å². The molecule has 1 atom stereocenters. The van der Waals surface area contributed by atoms with Crippen LogP contribution in [-0.2, 0) is 24.9 Å². The van der Waals surface area contributed by atoms with Crippen LogP contribution < -0.4 is 4.74 Å². The summed E-state index contributed by atoms with van der Waals surface area (Å²) in [4.78, 5) is 18.0. The van der Waals surface area contributed by atoms with Crippen LogP contribution in [0.5, 0.6) is 5.75 Å². The average molecular weight is 501 g/mol. The molecule has 2 aromatic carbocycles. The first-order valence-corrected chi connectivity index (χ1v) is 13.8. The molecule has 0 radical (unpaired) electrons. The lowest BCUT2D eigenvalue weighted by atomic mass is 9.83. The highest BCUT2D eigenvalue weighted by molar-refractivity contribution is 5.84. The van der Waals surface area contributed by atoms with E-state index in [0.717, 1.165) is 44.8 Å². The minimum absolute atomic E-state index is 0.00463. The summed E-state index contributed by atoms with van der Waals surface area (Å²) in [6.07, 6.45) is 10.7. The smallest absolute Gasteiger partial charge is 0.230 e. The van der Waals surface area contributed by atoms with Crippen LogP contribution in [0, 0.1) is 5.92 Å². The molecule has 0 bridgehead atoms. The molecule has 1 aliphatic heterocycles. The lowest BCUT2D eigenvalue weighted by molar-refractivity contribution is -0.136. The van der Waals surface area contributed by atoms with Crippen LogP contribution in [0.4, 0.5) is 0 Å². The Kier molecular flexibility index (Phi) is 8.24. The Balaban J connectivity index is 1.11. The van der Waals surface area contributed by atoms with Crippen molar-refractivity contribution in [2.24, 2.45) is 13.0 Å². The topological polar surface area (TPSA) is 50.6 Å². The first-order valence-electron chi connectivity index (χ1n) is 13.8. The fourth-order valence-corrected chi connectivity index (χ4v) is 6.06. The van der Waals surface area contributed by atoms with E-state index in [0.29, 0.717) is 11.8 Å². The summed E-state index contributed by atoms with van der Waals surface area (Å²) in [7, 11) is 4.07. The number of likely N-dealkylation sites (tertiary alicyclic amines) is 1. The fraction of sp³-hybridized carbons (Fsp3) is 0.484. The minimum Gasteiger partial charge on any atom is -0.490 e. The molecule has 6 nitrogen and oxygen atoms in total. The molecule has 0 spiro atoms. The largest absolute Gasteiger partial charge is 0.490 e. The average Bonchev–Trinajstić information content (AvgIpc) is 3.58. The number of carbonyl (C=O) groups excluding carboxylic acids is 1. The summed E-state index contributed by atoms with van der Waals surface area (Å²) in [5, 5.41) is 4.25. The molecule has 5 rings (SSSR count). The monoisotopic (exact) mass is 500 g/mol. The van der Waals surface area contributed by atoms with E-state index in [2.05, 4.69) is 76.7 Å². The van der Waals surface area contributed by atoms with Crippen molar-refractivity contribution < 1.29 is 9.53 Å². The van der Waals surface area contributed by atoms with Crippen LogP contribution in [0.2, 0.25) is 0 Å². The Morgan fingerprint density at radius 2 is 1.65 bits per heavy atom. The number of hydrogen-bond donors (Lipinski definition) is 0. The van der Waals surface area contributed by atoms with Gasteiger partial charge in [0.05, 0.1) is 12.1 Å². The lowest BCUT2D eigenvalue weighted by Crippen LogP contribution is -2.44. The van der Waals surface area contributed by atoms with Gasteiger partial charge in [0.2, 0.25) is 5.91 Å². The van der Waals surface area contributed by atoms with E-state index < -0.39 is 0 Å². The van der Waals surface area contributed by atoms with Crippen LogP contribution in [0.15, 0.2) is 67.0 Å². The van der Waals surface area contributed by atoms with Gasteiger partial charge in [0.25, 0.3) is 0 Å². The maximum Gasteiger partial charge on any atom is 0.230 e. The normalized spacial score (nSPS) is 17.9. The third kappa shape index (κ3) is 6.61. The highest BCUT2D eigenvalue weighted by Gasteiger charge is 2.36. The molecule has 2 aliphatic rings. The first kappa shape index (κ1) is 25.5. The van der Waals surface area contributed by atoms with Gasteiger partial charge in [0.15, 0.2) is 0 Å². The van der Waals surface area contributed by atoms with Gasteiger partial charge < -0.3 is 9.64 Å². The molecule has 1 amide bonds. The second kappa shape index (κ2) is 12.0. The molecule has 1 saturated heterocycles. The van der Waals surface area contributed by atoms with Crippen LogP contribution in [-0.4, -0.2) is 51.7 Å². The van der Waals surface area contributed by atoms with Crippen molar-refractivity contribution in [1.29, 1.82) is 0 Å². The molecule has 6 heteroatoms. The molecule has 1 aliphatic carbocycles. The van der Waals surface area contributed by atoms with Crippen molar-refractivity contribution in [2.45, 2.75) is 63.6 Å². The number of aryl methyl sites for hydroxylation is 1. The molecule has 1 unspecified atom stereocenters. The molecule has 2 fully saturated rings. The molecule has 2 heterocycles. The predicted molar refractivity (Wildman–Crippen MR) is 146 cm³/mol. The van der Waals surface area contributed by atoms with E-state index in [1.54, 1.807) is 0 Å². The van der Waals surface area contributed by atoms with Gasteiger partial charge in [-0.05, 0) is 49.1 Å². The Labute approximate surface area is 221 Å². The SMILES string of the molecule is CN(Cc1ccc(OC2CCN(C(=O)C(c3ccccc3)C3CCCC3)CC2)cc1)Cc1cnn(C)c1. The van der Waals surface area contributed by atoms with Crippen molar-refractivity contribution in [3.8, 4) is 5.75 Å². The molecule has 1 saturated carbocycles. The number of nitrogens with zero attached hydrogens (tertiary/aromatic N) is 4. The van der Waals surface area contributed by atoms with Gasteiger partial charge in [-0.1, -0.05) is 55.3 Å². The van der Waals surface area contributed by atoms with Gasteiger partial charge in [-0.2, -0.15) is 5.10 Å². The number of piperidine rings is 1. The zero-order chi connectivity index (χ0) is 25.6. The molecular weight excluding hydrogens is 460 g/mol. The summed E-state index contributed by atoms with van der Waals surface area (Å²) in [5.74, 6) is 1.71. The number of amides is 1. The Bertz CT molecular complexity index is 1130. The van der Waals surface area contributed by atoms with Crippen molar-refractivity contribution in [2.75, 3.05) is 20.1 Å². The minimum atomic E-state index is 0.00463. The summed E-state index contributed by atoms with van der Waals surface area (Å²) >= 11 is 0. The maximum atomic E-state index is 13.7. The Morgan fingerprint density at radius 1 is 0.973 bits per heavy atom. The zero-order valence-electron chi connectivity index (χ0n) is 22.3. The Morgan fingerprint density at radius 3 is 2.30 bits per heavy atom. The van der Waals surface area contributed by atoms with E-state index >= 15 is 0 Å². The van der Waals surface area contributed by atoms with Crippen LogP contribution in [0.3, 0.4) is 0 Å². The first-order chi connectivity index (χ1) is 18.0. The Hall–Kier alpha value is -3.12. The van der Waals surface area contributed by atoms with Crippen LogP contribution in [0.1, 0.15) is 61.1 Å². The molecule has 0 N–H and O–H groups in total. The van der Waals surface area contributed by atoms with Crippen molar-refractivity contribution in [3.05, 3.63) is 83.7 Å². The third-order valence-corrected chi connectivity index (χ3v) is 7.94. The summed E-state index contributed by atoms with van der Waals surface area (Å²) in [6.45, 7) is 3.29. The number of hydrogen-bond acceptors (Lipinski definition) is 4.